The van der Waals surface area contributed by atoms with Crippen molar-refractivity contribution in [2.75, 3.05) is 42.1 Å². The largest absolute Gasteiger partial charge is 0.378 e. The van der Waals surface area contributed by atoms with Gasteiger partial charge < -0.3 is 15.0 Å². The molecule has 3 aromatic rings. The molecule has 0 atom stereocenters. The van der Waals surface area contributed by atoms with Crippen molar-refractivity contribution >= 4 is 50.5 Å². The average molecular weight is 534 g/mol. The van der Waals surface area contributed by atoms with Gasteiger partial charge in [-0.2, -0.15) is 0 Å². The fourth-order valence-electron chi connectivity index (χ4n) is 3.74. The van der Waals surface area contributed by atoms with E-state index in [1.807, 2.05) is 24.3 Å². The van der Waals surface area contributed by atoms with Gasteiger partial charge in [-0.15, -0.1) is 0 Å². The molecule has 0 saturated carbocycles. The number of amides is 1. The van der Waals surface area contributed by atoms with E-state index in [9.17, 15) is 13.2 Å². The van der Waals surface area contributed by atoms with Crippen LogP contribution in [0.3, 0.4) is 0 Å². The second-order valence-corrected chi connectivity index (χ2v) is 10.6. The van der Waals surface area contributed by atoms with Gasteiger partial charge in [0.1, 0.15) is 6.54 Å². The van der Waals surface area contributed by atoms with Crippen LogP contribution >= 0.6 is 23.2 Å². The van der Waals surface area contributed by atoms with Gasteiger partial charge in [0, 0.05) is 25.3 Å². The first kappa shape index (κ1) is 25.3. The maximum atomic E-state index is 13.4. The van der Waals surface area contributed by atoms with Gasteiger partial charge in [0.25, 0.3) is 10.0 Å². The molecule has 0 bridgehead atoms. The molecule has 0 unspecified atom stereocenters. The quantitative estimate of drug-likeness (QED) is 0.465. The average Bonchev–Trinajstić information content (AvgIpc) is 2.89. The van der Waals surface area contributed by atoms with Gasteiger partial charge in [-0.25, -0.2) is 8.42 Å². The molecule has 3 aromatic carbocycles. The molecule has 1 aliphatic heterocycles. The molecule has 4 rings (SSSR count). The van der Waals surface area contributed by atoms with E-state index in [0.29, 0.717) is 13.2 Å². The zero-order valence-corrected chi connectivity index (χ0v) is 21.2. The topological polar surface area (TPSA) is 79.0 Å². The van der Waals surface area contributed by atoms with Crippen molar-refractivity contribution in [2.24, 2.45) is 0 Å². The molecule has 35 heavy (non-hydrogen) atoms. The van der Waals surface area contributed by atoms with Crippen LogP contribution in [0, 0.1) is 0 Å². The number of hydrogen-bond donors (Lipinski definition) is 1. The number of benzene rings is 3. The first-order valence-electron chi connectivity index (χ1n) is 11.1. The van der Waals surface area contributed by atoms with Crippen LogP contribution in [0.5, 0.6) is 0 Å². The van der Waals surface area contributed by atoms with E-state index in [4.69, 9.17) is 27.9 Å². The van der Waals surface area contributed by atoms with Crippen LogP contribution in [0.2, 0.25) is 10.0 Å². The van der Waals surface area contributed by atoms with E-state index >= 15 is 0 Å². The number of nitrogens with zero attached hydrogens (tertiary/aromatic N) is 2. The van der Waals surface area contributed by atoms with Crippen molar-refractivity contribution in [3.63, 3.8) is 0 Å². The van der Waals surface area contributed by atoms with Crippen LogP contribution in [0.15, 0.2) is 77.7 Å². The van der Waals surface area contributed by atoms with Crippen molar-refractivity contribution in [1.29, 1.82) is 0 Å². The Morgan fingerprint density at radius 3 is 2.31 bits per heavy atom. The molecule has 0 aromatic heterocycles. The highest BCUT2D eigenvalue weighted by Gasteiger charge is 2.29. The highest BCUT2D eigenvalue weighted by Crippen LogP contribution is 2.35. The Kier molecular flexibility index (Phi) is 8.18. The van der Waals surface area contributed by atoms with Crippen molar-refractivity contribution in [3.8, 4) is 0 Å². The molecular weight excluding hydrogens is 509 g/mol. The minimum absolute atomic E-state index is 0.0440. The third kappa shape index (κ3) is 6.08. The fraction of sp³-hybridized carbons (Fsp3) is 0.240. The molecule has 1 saturated heterocycles. The van der Waals surface area contributed by atoms with Crippen LogP contribution in [-0.2, 0) is 26.1 Å². The third-order valence-electron chi connectivity index (χ3n) is 5.62. The van der Waals surface area contributed by atoms with Crippen LogP contribution in [-0.4, -0.2) is 47.2 Å². The number of rotatable bonds is 8. The van der Waals surface area contributed by atoms with Gasteiger partial charge in [-0.1, -0.05) is 59.6 Å². The van der Waals surface area contributed by atoms with Gasteiger partial charge in [0.05, 0.1) is 33.8 Å². The van der Waals surface area contributed by atoms with Gasteiger partial charge in [0.15, 0.2) is 0 Å². The number of nitrogens with one attached hydrogen (secondary N) is 1. The summed E-state index contributed by atoms with van der Waals surface area (Å²) in [5, 5.41) is 3.05. The number of hydrogen-bond acceptors (Lipinski definition) is 5. The predicted octanol–water partition coefficient (Wildman–Crippen LogP) is 4.34. The molecule has 1 fully saturated rings. The summed E-state index contributed by atoms with van der Waals surface area (Å²) in [6.45, 7) is 2.89. The molecule has 1 heterocycles. The molecule has 7 nitrogen and oxygen atoms in total. The van der Waals surface area contributed by atoms with E-state index in [-0.39, 0.29) is 27.2 Å². The summed E-state index contributed by atoms with van der Waals surface area (Å²) < 4.78 is 33.2. The SMILES string of the molecule is O=C(CN(c1cccc(Cl)c1Cl)S(=O)(=O)c1ccccc1)NCc1ccc(N2CCOCC2)cc1. The molecule has 1 aliphatic rings. The molecule has 184 valence electrons. The molecule has 10 heteroatoms. The first-order chi connectivity index (χ1) is 16.9. The molecule has 1 N–H and O–H groups in total. The Balaban J connectivity index is 1.49. The number of carbonyl (C=O) groups excluding carboxylic acids is 1. The van der Waals surface area contributed by atoms with Crippen LogP contribution < -0.4 is 14.5 Å². The lowest BCUT2D eigenvalue weighted by molar-refractivity contribution is -0.119. The monoisotopic (exact) mass is 533 g/mol. The van der Waals surface area contributed by atoms with E-state index in [1.54, 1.807) is 30.3 Å². The summed E-state index contributed by atoms with van der Waals surface area (Å²) in [6.07, 6.45) is 0. The predicted molar refractivity (Wildman–Crippen MR) is 139 cm³/mol. The second kappa shape index (κ2) is 11.3. The number of ether oxygens (including phenoxy) is 1. The maximum absolute atomic E-state index is 13.4. The van der Waals surface area contributed by atoms with Gasteiger partial charge in [-0.3, -0.25) is 9.10 Å². The van der Waals surface area contributed by atoms with E-state index in [0.717, 1.165) is 28.6 Å². The van der Waals surface area contributed by atoms with Crippen LogP contribution in [0.4, 0.5) is 11.4 Å². The van der Waals surface area contributed by atoms with Crippen molar-refractivity contribution in [3.05, 3.63) is 88.4 Å². The van der Waals surface area contributed by atoms with Crippen LogP contribution in [0.25, 0.3) is 0 Å². The Morgan fingerprint density at radius 2 is 1.63 bits per heavy atom. The number of morpholine rings is 1. The lowest BCUT2D eigenvalue weighted by atomic mass is 10.2. The van der Waals surface area contributed by atoms with Gasteiger partial charge in [0.2, 0.25) is 5.91 Å². The lowest BCUT2D eigenvalue weighted by Crippen LogP contribution is -2.40. The third-order valence-corrected chi connectivity index (χ3v) is 8.20. The zero-order valence-electron chi connectivity index (χ0n) is 18.9. The van der Waals surface area contributed by atoms with Crippen molar-refractivity contribution in [2.45, 2.75) is 11.4 Å². The fourth-order valence-corrected chi connectivity index (χ4v) is 5.64. The van der Waals surface area contributed by atoms with E-state index in [1.165, 1.54) is 18.2 Å². The van der Waals surface area contributed by atoms with Crippen molar-refractivity contribution in [1.82, 2.24) is 5.32 Å². The normalized spacial score (nSPS) is 13.9. The van der Waals surface area contributed by atoms with E-state index in [2.05, 4.69) is 10.2 Å². The summed E-state index contributed by atoms with van der Waals surface area (Å²) in [7, 11) is -4.08. The summed E-state index contributed by atoms with van der Waals surface area (Å²) >= 11 is 12.5. The minimum Gasteiger partial charge on any atom is -0.378 e. The Labute approximate surface area is 215 Å². The molecule has 1 amide bonds. The lowest BCUT2D eigenvalue weighted by Gasteiger charge is -2.29. The number of carbonyl (C=O) groups is 1. The maximum Gasteiger partial charge on any atom is 0.264 e. The van der Waals surface area contributed by atoms with Gasteiger partial charge >= 0.3 is 0 Å². The Hall–Kier alpha value is -2.78. The van der Waals surface area contributed by atoms with Crippen molar-refractivity contribution < 1.29 is 17.9 Å². The van der Waals surface area contributed by atoms with E-state index < -0.39 is 22.5 Å². The second-order valence-electron chi connectivity index (χ2n) is 7.94. The number of halogens is 2. The molecule has 0 spiro atoms. The highest BCUT2D eigenvalue weighted by atomic mass is 35.5. The molecule has 0 aliphatic carbocycles. The summed E-state index contributed by atoms with van der Waals surface area (Å²) in [4.78, 5) is 15.2. The smallest absolute Gasteiger partial charge is 0.264 e. The highest BCUT2D eigenvalue weighted by molar-refractivity contribution is 7.92. The summed E-state index contributed by atoms with van der Waals surface area (Å²) in [5.41, 5.74) is 2.13. The van der Waals surface area contributed by atoms with Crippen LogP contribution in [0.1, 0.15) is 5.56 Å². The first-order valence-corrected chi connectivity index (χ1v) is 13.3. The van der Waals surface area contributed by atoms with Gasteiger partial charge in [-0.05, 0) is 42.0 Å². The summed E-state index contributed by atoms with van der Waals surface area (Å²) in [5.74, 6) is -0.474. The number of sulfonamides is 1. The Morgan fingerprint density at radius 1 is 0.943 bits per heavy atom. The standard InChI is InChI=1S/C25H25Cl2N3O4S/c26-22-7-4-8-23(25(22)27)30(35(32,33)21-5-2-1-3-6-21)18-24(31)28-17-19-9-11-20(12-10-19)29-13-15-34-16-14-29/h1-12H,13-18H2,(H,28,31). The minimum atomic E-state index is -4.08. The molecular formula is C25H25Cl2N3O4S. The Bertz CT molecular complexity index is 1270. The number of anilines is 2. The summed E-state index contributed by atoms with van der Waals surface area (Å²) in [6, 6.07) is 20.4. The molecule has 0 radical (unpaired) electrons. The zero-order chi connectivity index (χ0) is 24.8.